The minimum absolute atomic E-state index is 0.357. The van der Waals surface area contributed by atoms with Gasteiger partial charge >= 0.3 is 5.97 Å². The van der Waals surface area contributed by atoms with Crippen molar-refractivity contribution in [2.24, 2.45) is 11.8 Å². The Bertz CT molecular complexity index is 401. The molecular weight excluding hydrogens is 226 g/mol. The summed E-state index contributed by atoms with van der Waals surface area (Å²) in [7, 11) is 0. The van der Waals surface area contributed by atoms with Crippen molar-refractivity contribution in [3.05, 3.63) is 29.8 Å². The molecule has 100 valence electrons. The van der Waals surface area contributed by atoms with Gasteiger partial charge in [0.2, 0.25) is 0 Å². The topological polar surface area (TPSA) is 40.5 Å². The van der Waals surface area contributed by atoms with Gasteiger partial charge in [-0.1, -0.05) is 32.9 Å². The van der Waals surface area contributed by atoms with Gasteiger partial charge in [-0.2, -0.15) is 0 Å². The molecule has 0 amide bonds. The van der Waals surface area contributed by atoms with Gasteiger partial charge in [-0.05, 0) is 30.5 Å². The zero-order valence-corrected chi connectivity index (χ0v) is 11.7. The Morgan fingerprint density at radius 2 is 1.94 bits per heavy atom. The third kappa shape index (κ3) is 4.40. The van der Waals surface area contributed by atoms with E-state index in [1.807, 2.05) is 12.1 Å². The van der Waals surface area contributed by atoms with E-state index in [9.17, 15) is 4.79 Å². The SMILES string of the molecule is Cc1cccc(N(CC(C)C)CC(C)C(=O)O)c1. The van der Waals surface area contributed by atoms with E-state index >= 15 is 0 Å². The van der Waals surface area contributed by atoms with Crippen LogP contribution in [0.25, 0.3) is 0 Å². The number of hydrogen-bond donors (Lipinski definition) is 1. The highest BCUT2D eigenvalue weighted by atomic mass is 16.4. The first kappa shape index (κ1) is 14.6. The minimum atomic E-state index is -0.739. The van der Waals surface area contributed by atoms with Crippen LogP contribution in [0, 0.1) is 18.8 Å². The van der Waals surface area contributed by atoms with Crippen molar-refractivity contribution in [1.82, 2.24) is 0 Å². The van der Waals surface area contributed by atoms with Gasteiger partial charge in [-0.3, -0.25) is 4.79 Å². The molecule has 0 aliphatic heterocycles. The second-order valence-corrected chi connectivity index (χ2v) is 5.38. The van der Waals surface area contributed by atoms with Gasteiger partial charge in [0.1, 0.15) is 0 Å². The Hall–Kier alpha value is -1.51. The molecule has 1 rings (SSSR count). The summed E-state index contributed by atoms with van der Waals surface area (Å²) in [6, 6.07) is 8.22. The van der Waals surface area contributed by atoms with Gasteiger partial charge < -0.3 is 10.0 Å². The lowest BCUT2D eigenvalue weighted by Crippen LogP contribution is -2.34. The molecule has 3 nitrogen and oxygen atoms in total. The van der Waals surface area contributed by atoms with Gasteiger partial charge in [-0.25, -0.2) is 0 Å². The Balaban J connectivity index is 2.87. The number of benzene rings is 1. The molecule has 0 radical (unpaired) electrons. The fourth-order valence-electron chi connectivity index (χ4n) is 1.96. The standard InChI is InChI=1S/C15H23NO2/c1-11(2)9-16(10-13(4)15(17)18)14-7-5-6-12(3)8-14/h5-8,11,13H,9-10H2,1-4H3,(H,17,18). The number of anilines is 1. The van der Waals surface area contributed by atoms with Crippen LogP contribution < -0.4 is 4.90 Å². The Kier molecular flexibility index (Phi) is 5.20. The van der Waals surface area contributed by atoms with E-state index in [4.69, 9.17) is 5.11 Å². The molecule has 0 heterocycles. The minimum Gasteiger partial charge on any atom is -0.481 e. The molecule has 0 saturated carbocycles. The highest BCUT2D eigenvalue weighted by molar-refractivity contribution is 5.70. The maximum Gasteiger partial charge on any atom is 0.308 e. The first-order chi connectivity index (χ1) is 8.40. The van der Waals surface area contributed by atoms with Gasteiger partial charge in [-0.15, -0.1) is 0 Å². The van der Waals surface area contributed by atoms with Crippen LogP contribution in [-0.2, 0) is 4.79 Å². The molecule has 0 aliphatic rings. The van der Waals surface area contributed by atoms with Gasteiger partial charge in [0.25, 0.3) is 0 Å². The number of aliphatic carboxylic acids is 1. The molecule has 1 aromatic rings. The molecule has 0 aromatic heterocycles. The van der Waals surface area contributed by atoms with E-state index in [0.717, 1.165) is 12.2 Å². The number of carboxylic acids is 1. The molecule has 0 bridgehead atoms. The zero-order chi connectivity index (χ0) is 13.7. The van der Waals surface area contributed by atoms with Crippen LogP contribution in [-0.4, -0.2) is 24.2 Å². The van der Waals surface area contributed by atoms with Crippen molar-refractivity contribution in [3.63, 3.8) is 0 Å². The number of hydrogen-bond acceptors (Lipinski definition) is 2. The smallest absolute Gasteiger partial charge is 0.308 e. The first-order valence-electron chi connectivity index (χ1n) is 6.44. The molecule has 1 N–H and O–H groups in total. The second kappa shape index (κ2) is 6.43. The van der Waals surface area contributed by atoms with Crippen LogP contribution in [0.3, 0.4) is 0 Å². The van der Waals surface area contributed by atoms with Gasteiger partial charge in [0.05, 0.1) is 5.92 Å². The van der Waals surface area contributed by atoms with E-state index in [-0.39, 0.29) is 5.92 Å². The van der Waals surface area contributed by atoms with Gasteiger partial charge in [0, 0.05) is 18.8 Å². The summed E-state index contributed by atoms with van der Waals surface area (Å²) in [6.45, 7) is 9.53. The molecule has 18 heavy (non-hydrogen) atoms. The highest BCUT2D eigenvalue weighted by Crippen LogP contribution is 2.19. The second-order valence-electron chi connectivity index (χ2n) is 5.38. The molecule has 0 spiro atoms. The highest BCUT2D eigenvalue weighted by Gasteiger charge is 2.17. The number of carbonyl (C=O) groups is 1. The number of rotatable bonds is 6. The van der Waals surface area contributed by atoms with E-state index in [1.54, 1.807) is 6.92 Å². The molecule has 0 aliphatic carbocycles. The van der Waals surface area contributed by atoms with Crippen LogP contribution in [0.2, 0.25) is 0 Å². The lowest BCUT2D eigenvalue weighted by Gasteiger charge is -2.28. The summed E-state index contributed by atoms with van der Waals surface area (Å²) < 4.78 is 0. The average Bonchev–Trinajstić information content (AvgIpc) is 2.27. The summed E-state index contributed by atoms with van der Waals surface area (Å²) in [5.41, 5.74) is 2.31. The van der Waals surface area contributed by atoms with Crippen LogP contribution >= 0.6 is 0 Å². The van der Waals surface area contributed by atoms with Crippen molar-refractivity contribution in [1.29, 1.82) is 0 Å². The van der Waals surface area contributed by atoms with Crippen LogP contribution in [0.1, 0.15) is 26.3 Å². The maximum absolute atomic E-state index is 11.0. The van der Waals surface area contributed by atoms with E-state index in [0.29, 0.717) is 12.5 Å². The van der Waals surface area contributed by atoms with Crippen LogP contribution in [0.5, 0.6) is 0 Å². The fourth-order valence-corrected chi connectivity index (χ4v) is 1.96. The van der Waals surface area contributed by atoms with E-state index in [2.05, 4.69) is 37.8 Å². The molecular formula is C15H23NO2. The number of nitrogens with zero attached hydrogens (tertiary/aromatic N) is 1. The fraction of sp³-hybridized carbons (Fsp3) is 0.533. The molecule has 1 unspecified atom stereocenters. The monoisotopic (exact) mass is 249 g/mol. The van der Waals surface area contributed by atoms with E-state index in [1.165, 1.54) is 5.56 Å². The van der Waals surface area contributed by atoms with Crippen LogP contribution in [0.15, 0.2) is 24.3 Å². The first-order valence-corrected chi connectivity index (χ1v) is 6.44. The molecule has 3 heteroatoms. The predicted octanol–water partition coefficient (Wildman–Crippen LogP) is 3.18. The molecule has 1 atom stereocenters. The van der Waals surface area contributed by atoms with Crippen LogP contribution in [0.4, 0.5) is 5.69 Å². The normalized spacial score (nSPS) is 12.5. The third-order valence-electron chi connectivity index (χ3n) is 2.87. The summed E-state index contributed by atoms with van der Waals surface area (Å²) in [5, 5.41) is 9.04. The summed E-state index contributed by atoms with van der Waals surface area (Å²) in [4.78, 5) is 13.2. The lowest BCUT2D eigenvalue weighted by molar-refractivity contribution is -0.140. The Morgan fingerprint density at radius 3 is 2.44 bits per heavy atom. The lowest BCUT2D eigenvalue weighted by atomic mass is 10.1. The van der Waals surface area contributed by atoms with Crippen molar-refractivity contribution >= 4 is 11.7 Å². The number of carboxylic acid groups (broad SMARTS) is 1. The molecule has 1 aromatic carbocycles. The Morgan fingerprint density at radius 1 is 1.28 bits per heavy atom. The van der Waals surface area contributed by atoms with Crippen molar-refractivity contribution in [2.75, 3.05) is 18.0 Å². The molecule has 0 fully saturated rings. The van der Waals surface area contributed by atoms with Crippen molar-refractivity contribution in [2.45, 2.75) is 27.7 Å². The number of aryl methyl sites for hydroxylation is 1. The maximum atomic E-state index is 11.0. The van der Waals surface area contributed by atoms with Crippen molar-refractivity contribution in [3.8, 4) is 0 Å². The van der Waals surface area contributed by atoms with Gasteiger partial charge in [0.15, 0.2) is 0 Å². The summed E-state index contributed by atoms with van der Waals surface area (Å²) in [5.74, 6) is -0.591. The summed E-state index contributed by atoms with van der Waals surface area (Å²) >= 11 is 0. The Labute approximate surface area is 109 Å². The largest absolute Gasteiger partial charge is 0.481 e. The van der Waals surface area contributed by atoms with E-state index < -0.39 is 5.97 Å². The molecule has 0 saturated heterocycles. The average molecular weight is 249 g/mol. The predicted molar refractivity (Wildman–Crippen MR) is 75.0 cm³/mol. The zero-order valence-electron chi connectivity index (χ0n) is 11.7. The summed E-state index contributed by atoms with van der Waals surface area (Å²) in [6.07, 6.45) is 0. The third-order valence-corrected chi connectivity index (χ3v) is 2.87. The quantitative estimate of drug-likeness (QED) is 0.841. The van der Waals surface area contributed by atoms with Crippen molar-refractivity contribution < 1.29 is 9.90 Å².